The third-order valence-corrected chi connectivity index (χ3v) is 5.75. The van der Waals surface area contributed by atoms with Gasteiger partial charge in [0.1, 0.15) is 4.90 Å². The number of nitrogens with two attached hydrogens (primary N) is 1. The molecule has 0 radical (unpaired) electrons. The fourth-order valence-electron chi connectivity index (χ4n) is 1.86. The molecule has 3 N–H and O–H groups in total. The highest BCUT2D eigenvalue weighted by Crippen LogP contribution is 2.25. The summed E-state index contributed by atoms with van der Waals surface area (Å²) in [5.74, 6) is 1.11. The molecule has 0 saturated carbocycles. The summed E-state index contributed by atoms with van der Waals surface area (Å²) in [6.45, 7) is 0.460. The molecular formula is C11H17N3O2S2. The lowest BCUT2D eigenvalue weighted by Gasteiger charge is -2.21. The van der Waals surface area contributed by atoms with E-state index in [1.165, 1.54) is 31.3 Å². The topological polar surface area (TPSA) is 85.1 Å². The molecule has 1 aliphatic rings. The van der Waals surface area contributed by atoms with Crippen molar-refractivity contribution in [1.82, 2.24) is 9.71 Å². The molecule has 18 heavy (non-hydrogen) atoms. The van der Waals surface area contributed by atoms with Gasteiger partial charge >= 0.3 is 0 Å². The number of nitrogens with one attached hydrogen (secondary N) is 1. The zero-order valence-electron chi connectivity index (χ0n) is 10.0. The van der Waals surface area contributed by atoms with Crippen molar-refractivity contribution >= 4 is 27.5 Å². The maximum absolute atomic E-state index is 12.1. The number of nitrogens with zero attached hydrogens (tertiary/aromatic N) is 1. The van der Waals surface area contributed by atoms with Crippen molar-refractivity contribution < 1.29 is 8.42 Å². The molecule has 2 rings (SSSR count). The minimum absolute atomic E-state index is 0.0609. The third-order valence-electron chi connectivity index (χ3n) is 2.88. The molecule has 5 nitrogen and oxygen atoms in total. The van der Waals surface area contributed by atoms with Crippen molar-refractivity contribution in [3.63, 3.8) is 0 Å². The minimum Gasteiger partial charge on any atom is -0.398 e. The summed E-state index contributed by atoms with van der Waals surface area (Å²) in [5.41, 5.74) is 5.88. The van der Waals surface area contributed by atoms with E-state index in [2.05, 4.69) is 9.71 Å². The highest BCUT2D eigenvalue weighted by molar-refractivity contribution is 8.00. The van der Waals surface area contributed by atoms with Crippen LogP contribution in [0.1, 0.15) is 19.3 Å². The lowest BCUT2D eigenvalue weighted by atomic mass is 10.2. The van der Waals surface area contributed by atoms with Crippen LogP contribution in [0.15, 0.2) is 23.4 Å². The number of aromatic nitrogens is 1. The van der Waals surface area contributed by atoms with Crippen molar-refractivity contribution in [3.05, 3.63) is 18.5 Å². The second-order valence-corrected chi connectivity index (χ2v) is 7.40. The Bertz CT molecular complexity index is 499. The summed E-state index contributed by atoms with van der Waals surface area (Å²) >= 11 is 1.83. The number of sulfonamides is 1. The maximum Gasteiger partial charge on any atom is 0.244 e. The lowest BCUT2D eigenvalue weighted by molar-refractivity contribution is 0.574. The van der Waals surface area contributed by atoms with Crippen molar-refractivity contribution in [1.29, 1.82) is 0 Å². The Morgan fingerprint density at radius 3 is 3.00 bits per heavy atom. The fourth-order valence-corrected chi connectivity index (χ4v) is 4.36. The van der Waals surface area contributed by atoms with Crippen LogP contribution in [0.25, 0.3) is 0 Å². The van der Waals surface area contributed by atoms with E-state index in [-0.39, 0.29) is 10.6 Å². The first-order valence-electron chi connectivity index (χ1n) is 5.90. The molecule has 0 amide bonds. The number of rotatable bonds is 4. The molecule has 1 aliphatic heterocycles. The molecule has 100 valence electrons. The van der Waals surface area contributed by atoms with Crippen molar-refractivity contribution in [2.45, 2.75) is 29.4 Å². The van der Waals surface area contributed by atoms with Gasteiger partial charge in [-0.2, -0.15) is 11.8 Å². The highest BCUT2D eigenvalue weighted by atomic mass is 32.2. The van der Waals surface area contributed by atoms with E-state index in [9.17, 15) is 8.42 Å². The van der Waals surface area contributed by atoms with E-state index < -0.39 is 10.0 Å². The Hall–Kier alpha value is -0.790. The molecular weight excluding hydrogens is 270 g/mol. The molecule has 0 spiro atoms. The van der Waals surface area contributed by atoms with Crippen LogP contribution in [0.3, 0.4) is 0 Å². The zero-order chi connectivity index (χ0) is 13.0. The van der Waals surface area contributed by atoms with Crippen LogP contribution in [0.5, 0.6) is 0 Å². The molecule has 1 fully saturated rings. The Morgan fingerprint density at radius 2 is 2.33 bits per heavy atom. The second-order valence-electron chi connectivity index (χ2n) is 4.25. The van der Waals surface area contributed by atoms with E-state index in [0.717, 1.165) is 12.2 Å². The first kappa shape index (κ1) is 13.6. The van der Waals surface area contributed by atoms with Crippen LogP contribution in [0, 0.1) is 0 Å². The summed E-state index contributed by atoms with van der Waals surface area (Å²) in [6.07, 6.45) is 6.23. The standard InChI is InChI=1S/C11H17N3O2S2/c12-10-4-5-13-8-11(10)18(15,16)14-7-9-3-1-2-6-17-9/h4-5,8-9,14H,1-3,6-7H2,(H2,12,13). The number of pyridine rings is 1. The molecule has 1 unspecified atom stereocenters. The minimum atomic E-state index is -3.54. The molecule has 1 aromatic heterocycles. The van der Waals surface area contributed by atoms with Crippen LogP contribution in [-0.2, 0) is 10.0 Å². The van der Waals surface area contributed by atoms with Crippen LogP contribution < -0.4 is 10.5 Å². The summed E-state index contributed by atoms with van der Waals surface area (Å²) in [7, 11) is -3.54. The summed E-state index contributed by atoms with van der Waals surface area (Å²) in [6, 6.07) is 1.49. The molecule has 1 saturated heterocycles. The number of nitrogen functional groups attached to an aromatic ring is 1. The smallest absolute Gasteiger partial charge is 0.244 e. The van der Waals surface area contributed by atoms with E-state index in [0.29, 0.717) is 11.8 Å². The second kappa shape index (κ2) is 5.90. The average molecular weight is 287 g/mol. The van der Waals surface area contributed by atoms with E-state index in [4.69, 9.17) is 5.73 Å². The van der Waals surface area contributed by atoms with Gasteiger partial charge in [-0.25, -0.2) is 13.1 Å². The Labute approximate surface area is 112 Å². The molecule has 7 heteroatoms. The van der Waals surface area contributed by atoms with Crippen molar-refractivity contribution in [3.8, 4) is 0 Å². The Morgan fingerprint density at radius 1 is 1.50 bits per heavy atom. The summed E-state index contributed by atoms with van der Waals surface area (Å²) < 4.78 is 26.7. The van der Waals surface area contributed by atoms with Crippen LogP contribution in [-0.4, -0.2) is 30.9 Å². The van der Waals surface area contributed by atoms with Crippen LogP contribution in [0.4, 0.5) is 5.69 Å². The highest BCUT2D eigenvalue weighted by Gasteiger charge is 2.20. The Balaban J connectivity index is 2.01. The summed E-state index contributed by atoms with van der Waals surface area (Å²) in [5, 5.41) is 0.367. The fraction of sp³-hybridized carbons (Fsp3) is 0.545. The van der Waals surface area contributed by atoms with Gasteiger partial charge in [-0.15, -0.1) is 0 Å². The third kappa shape index (κ3) is 3.37. The van der Waals surface area contributed by atoms with Gasteiger partial charge in [0.25, 0.3) is 0 Å². The van der Waals surface area contributed by atoms with Gasteiger partial charge in [0.05, 0.1) is 5.69 Å². The van der Waals surface area contributed by atoms with Gasteiger partial charge in [0.15, 0.2) is 0 Å². The van der Waals surface area contributed by atoms with Crippen molar-refractivity contribution in [2.24, 2.45) is 0 Å². The van der Waals surface area contributed by atoms with Gasteiger partial charge in [-0.05, 0) is 24.7 Å². The number of hydrogen-bond donors (Lipinski definition) is 2. The first-order chi connectivity index (χ1) is 8.59. The number of thioether (sulfide) groups is 1. The predicted molar refractivity (Wildman–Crippen MR) is 73.9 cm³/mol. The number of hydrogen-bond acceptors (Lipinski definition) is 5. The van der Waals surface area contributed by atoms with E-state index in [1.54, 1.807) is 0 Å². The SMILES string of the molecule is Nc1ccncc1S(=O)(=O)NCC1CCCCS1. The Kier molecular flexibility index (Phi) is 4.47. The largest absolute Gasteiger partial charge is 0.398 e. The van der Waals surface area contributed by atoms with Crippen molar-refractivity contribution in [2.75, 3.05) is 18.0 Å². The van der Waals surface area contributed by atoms with Gasteiger partial charge in [-0.3, -0.25) is 4.98 Å². The number of anilines is 1. The van der Waals surface area contributed by atoms with E-state index in [1.807, 2.05) is 11.8 Å². The predicted octanol–water partition coefficient (Wildman–Crippen LogP) is 1.23. The van der Waals surface area contributed by atoms with Gasteiger partial charge in [0.2, 0.25) is 10.0 Å². The molecule has 1 aromatic rings. The van der Waals surface area contributed by atoms with Crippen LogP contribution in [0.2, 0.25) is 0 Å². The van der Waals surface area contributed by atoms with E-state index >= 15 is 0 Å². The molecule has 0 bridgehead atoms. The molecule has 0 aliphatic carbocycles. The average Bonchev–Trinajstić information content (AvgIpc) is 2.38. The van der Waals surface area contributed by atoms with Crippen LogP contribution >= 0.6 is 11.8 Å². The molecule has 0 aromatic carbocycles. The maximum atomic E-state index is 12.1. The monoisotopic (exact) mass is 287 g/mol. The van der Waals surface area contributed by atoms with Gasteiger partial charge in [-0.1, -0.05) is 6.42 Å². The first-order valence-corrected chi connectivity index (χ1v) is 8.43. The quantitative estimate of drug-likeness (QED) is 0.870. The van der Waals surface area contributed by atoms with Gasteiger partial charge in [0, 0.05) is 24.2 Å². The zero-order valence-corrected chi connectivity index (χ0v) is 11.6. The molecule has 1 atom stereocenters. The van der Waals surface area contributed by atoms with Gasteiger partial charge < -0.3 is 5.73 Å². The normalized spacial score (nSPS) is 20.8. The molecule has 2 heterocycles. The lowest BCUT2D eigenvalue weighted by Crippen LogP contribution is -2.32. The summed E-state index contributed by atoms with van der Waals surface area (Å²) in [4.78, 5) is 3.86.